The summed E-state index contributed by atoms with van der Waals surface area (Å²) < 4.78 is 0. The molecule has 0 aromatic rings. The van der Waals surface area contributed by atoms with Crippen molar-refractivity contribution >= 4 is 0 Å². The van der Waals surface area contributed by atoms with E-state index in [-0.39, 0.29) is 0 Å². The number of rotatable bonds is 7. The van der Waals surface area contributed by atoms with Gasteiger partial charge in [-0.1, -0.05) is 20.3 Å². The van der Waals surface area contributed by atoms with Gasteiger partial charge in [-0.05, 0) is 52.1 Å². The highest BCUT2D eigenvalue weighted by molar-refractivity contribution is 4.85. The number of nitrogens with one attached hydrogen (secondary N) is 1. The van der Waals surface area contributed by atoms with Crippen LogP contribution < -0.4 is 5.32 Å². The zero-order valence-electron chi connectivity index (χ0n) is 12.7. The van der Waals surface area contributed by atoms with Crippen molar-refractivity contribution in [3.05, 3.63) is 0 Å². The number of nitrogens with zero attached hydrogens (tertiary/aromatic N) is 1. The minimum atomic E-state index is -0.529. The third-order valence-corrected chi connectivity index (χ3v) is 4.04. The second-order valence-electron chi connectivity index (χ2n) is 6.38. The molecule has 0 aromatic heterocycles. The summed E-state index contributed by atoms with van der Waals surface area (Å²) in [7, 11) is 0. The van der Waals surface area contributed by atoms with E-state index in [9.17, 15) is 5.11 Å². The molecule has 108 valence electrons. The maximum absolute atomic E-state index is 9.80. The largest absolute Gasteiger partial charge is 0.390 e. The molecule has 0 bridgehead atoms. The lowest BCUT2D eigenvalue weighted by Gasteiger charge is -2.39. The highest BCUT2D eigenvalue weighted by Crippen LogP contribution is 2.21. The Bertz CT molecular complexity index is 225. The highest BCUT2D eigenvalue weighted by Gasteiger charge is 2.28. The van der Waals surface area contributed by atoms with Gasteiger partial charge in [-0.3, -0.25) is 0 Å². The third kappa shape index (κ3) is 5.68. The van der Waals surface area contributed by atoms with Crippen LogP contribution in [0.15, 0.2) is 0 Å². The van der Waals surface area contributed by atoms with Crippen LogP contribution >= 0.6 is 0 Å². The van der Waals surface area contributed by atoms with Gasteiger partial charge in [0.25, 0.3) is 0 Å². The fourth-order valence-corrected chi connectivity index (χ4v) is 2.75. The van der Waals surface area contributed by atoms with Crippen molar-refractivity contribution < 1.29 is 5.11 Å². The van der Waals surface area contributed by atoms with Crippen LogP contribution in [0.3, 0.4) is 0 Å². The summed E-state index contributed by atoms with van der Waals surface area (Å²) in [5.41, 5.74) is -0.529. The lowest BCUT2D eigenvalue weighted by atomic mass is 9.89. The van der Waals surface area contributed by atoms with Crippen LogP contribution in [0.1, 0.15) is 53.4 Å². The molecular formula is C15H32N2O. The maximum atomic E-state index is 9.80. The minimum Gasteiger partial charge on any atom is -0.390 e. The van der Waals surface area contributed by atoms with Crippen molar-refractivity contribution in [2.24, 2.45) is 5.92 Å². The Morgan fingerprint density at radius 3 is 2.61 bits per heavy atom. The van der Waals surface area contributed by atoms with Gasteiger partial charge < -0.3 is 15.3 Å². The van der Waals surface area contributed by atoms with Crippen LogP contribution in [-0.4, -0.2) is 47.8 Å². The first-order valence-electron chi connectivity index (χ1n) is 7.64. The molecule has 1 rings (SSSR count). The molecule has 1 fully saturated rings. The maximum Gasteiger partial charge on any atom is 0.0603 e. The zero-order chi connectivity index (χ0) is 13.6. The lowest BCUT2D eigenvalue weighted by molar-refractivity contribution is 0.0463. The Morgan fingerprint density at radius 1 is 1.33 bits per heavy atom. The molecule has 0 spiro atoms. The topological polar surface area (TPSA) is 35.5 Å². The number of piperidine rings is 1. The van der Waals surface area contributed by atoms with E-state index < -0.39 is 5.60 Å². The smallest absolute Gasteiger partial charge is 0.0603 e. The normalized spacial score (nSPS) is 26.5. The van der Waals surface area contributed by atoms with Crippen LogP contribution in [0, 0.1) is 5.92 Å². The summed E-state index contributed by atoms with van der Waals surface area (Å²) in [5.74, 6) is 0.770. The van der Waals surface area contributed by atoms with Crippen LogP contribution in [0.2, 0.25) is 0 Å². The van der Waals surface area contributed by atoms with Gasteiger partial charge in [-0.25, -0.2) is 0 Å². The lowest BCUT2D eigenvalue weighted by Crippen LogP contribution is -2.50. The molecule has 0 saturated carbocycles. The van der Waals surface area contributed by atoms with E-state index in [1.807, 2.05) is 13.8 Å². The fourth-order valence-electron chi connectivity index (χ4n) is 2.75. The zero-order valence-corrected chi connectivity index (χ0v) is 12.7. The highest BCUT2D eigenvalue weighted by atomic mass is 16.3. The molecule has 1 aliphatic rings. The first kappa shape index (κ1) is 15.9. The SMILES string of the molecule is CCCNC1CCN(CCC(C)(C)O)CC1CC. The number of hydrogen-bond acceptors (Lipinski definition) is 3. The average molecular weight is 256 g/mol. The van der Waals surface area contributed by atoms with E-state index in [2.05, 4.69) is 24.1 Å². The average Bonchev–Trinajstić information content (AvgIpc) is 2.33. The quantitative estimate of drug-likeness (QED) is 0.733. The molecule has 2 N–H and O–H groups in total. The van der Waals surface area contributed by atoms with E-state index in [1.165, 1.54) is 32.4 Å². The van der Waals surface area contributed by atoms with Crippen LogP contribution in [0.5, 0.6) is 0 Å². The van der Waals surface area contributed by atoms with Crippen molar-refractivity contribution in [3.8, 4) is 0 Å². The molecule has 2 atom stereocenters. The van der Waals surface area contributed by atoms with Gasteiger partial charge in [0, 0.05) is 19.1 Å². The molecule has 18 heavy (non-hydrogen) atoms. The van der Waals surface area contributed by atoms with Crippen molar-refractivity contribution in [2.45, 2.75) is 65.0 Å². The Labute approximate surface area is 113 Å². The van der Waals surface area contributed by atoms with E-state index >= 15 is 0 Å². The molecular weight excluding hydrogens is 224 g/mol. The van der Waals surface area contributed by atoms with Gasteiger partial charge in [0.05, 0.1) is 5.60 Å². The van der Waals surface area contributed by atoms with Crippen LogP contribution in [0.25, 0.3) is 0 Å². The van der Waals surface area contributed by atoms with Gasteiger partial charge in [0.15, 0.2) is 0 Å². The third-order valence-electron chi connectivity index (χ3n) is 4.04. The van der Waals surface area contributed by atoms with Crippen molar-refractivity contribution in [2.75, 3.05) is 26.2 Å². The Hall–Kier alpha value is -0.120. The second-order valence-corrected chi connectivity index (χ2v) is 6.38. The molecule has 0 aliphatic carbocycles. The van der Waals surface area contributed by atoms with E-state index in [4.69, 9.17) is 0 Å². The van der Waals surface area contributed by atoms with E-state index in [0.29, 0.717) is 6.04 Å². The summed E-state index contributed by atoms with van der Waals surface area (Å²) in [6.07, 6.45) is 4.59. The summed E-state index contributed by atoms with van der Waals surface area (Å²) in [4.78, 5) is 2.52. The predicted molar refractivity (Wildman–Crippen MR) is 77.8 cm³/mol. The molecule has 1 heterocycles. The Morgan fingerprint density at radius 2 is 2.06 bits per heavy atom. The van der Waals surface area contributed by atoms with Gasteiger partial charge in [-0.15, -0.1) is 0 Å². The fraction of sp³-hybridized carbons (Fsp3) is 1.00. The molecule has 2 unspecified atom stereocenters. The Kier molecular flexibility index (Phi) is 6.61. The van der Waals surface area contributed by atoms with E-state index in [1.54, 1.807) is 0 Å². The molecule has 0 aromatic carbocycles. The number of aliphatic hydroxyl groups is 1. The molecule has 3 nitrogen and oxygen atoms in total. The van der Waals surface area contributed by atoms with Gasteiger partial charge in [-0.2, -0.15) is 0 Å². The number of likely N-dealkylation sites (tertiary alicyclic amines) is 1. The second kappa shape index (κ2) is 7.46. The standard InChI is InChI=1S/C15H32N2O/c1-5-9-16-14-7-10-17(12-13(14)6-2)11-8-15(3,4)18/h13-14,16,18H,5-12H2,1-4H3. The molecule has 0 radical (unpaired) electrons. The summed E-state index contributed by atoms with van der Waals surface area (Å²) in [6, 6.07) is 0.702. The van der Waals surface area contributed by atoms with Crippen molar-refractivity contribution in [1.82, 2.24) is 10.2 Å². The number of hydrogen-bond donors (Lipinski definition) is 2. The van der Waals surface area contributed by atoms with Crippen LogP contribution in [0.4, 0.5) is 0 Å². The van der Waals surface area contributed by atoms with Gasteiger partial charge >= 0.3 is 0 Å². The summed E-state index contributed by atoms with van der Waals surface area (Å²) in [5, 5.41) is 13.5. The molecule has 1 saturated heterocycles. The minimum absolute atomic E-state index is 0.529. The Balaban J connectivity index is 2.36. The van der Waals surface area contributed by atoms with Crippen molar-refractivity contribution in [1.29, 1.82) is 0 Å². The van der Waals surface area contributed by atoms with Gasteiger partial charge in [0.2, 0.25) is 0 Å². The monoisotopic (exact) mass is 256 g/mol. The molecule has 3 heteroatoms. The predicted octanol–water partition coefficient (Wildman–Crippen LogP) is 2.25. The van der Waals surface area contributed by atoms with Gasteiger partial charge in [0.1, 0.15) is 0 Å². The first-order chi connectivity index (χ1) is 8.46. The molecule has 0 amide bonds. The van der Waals surface area contributed by atoms with Crippen LogP contribution in [-0.2, 0) is 0 Å². The first-order valence-corrected chi connectivity index (χ1v) is 7.64. The summed E-state index contributed by atoms with van der Waals surface area (Å²) in [6.45, 7) is 12.9. The van der Waals surface area contributed by atoms with Crippen molar-refractivity contribution in [3.63, 3.8) is 0 Å². The summed E-state index contributed by atoms with van der Waals surface area (Å²) >= 11 is 0. The molecule has 1 aliphatic heterocycles. The van der Waals surface area contributed by atoms with E-state index in [0.717, 1.165) is 25.4 Å².